The summed E-state index contributed by atoms with van der Waals surface area (Å²) in [6.07, 6.45) is 8.29. The van der Waals surface area contributed by atoms with E-state index in [0.29, 0.717) is 0 Å². The van der Waals surface area contributed by atoms with Gasteiger partial charge in [-0.25, -0.2) is 20.4 Å². The van der Waals surface area contributed by atoms with Crippen LogP contribution in [-0.2, 0) is 16.0 Å². The highest BCUT2D eigenvalue weighted by molar-refractivity contribution is 7.09. The first-order valence-electron chi connectivity index (χ1n) is 5.36. The number of aryl methyl sites for hydroxylation is 1. The maximum Gasteiger partial charge on any atom is 0.231 e. The van der Waals surface area contributed by atoms with Crippen molar-refractivity contribution < 1.29 is 9.59 Å². The monoisotopic (exact) mass is 254 g/mol. The van der Waals surface area contributed by atoms with Gasteiger partial charge in [0.2, 0.25) is 12.2 Å². The van der Waals surface area contributed by atoms with Crippen molar-refractivity contribution in [3.8, 4) is 0 Å². The Labute approximate surface area is 106 Å². The van der Waals surface area contributed by atoms with Crippen molar-refractivity contribution >= 4 is 23.5 Å². The third-order valence-electron chi connectivity index (χ3n) is 1.86. The van der Waals surface area contributed by atoms with E-state index in [0.717, 1.165) is 12.2 Å². The van der Waals surface area contributed by atoms with Crippen LogP contribution in [0.15, 0.2) is 17.5 Å². The highest BCUT2D eigenvalue weighted by Crippen LogP contribution is 2.12. The summed E-state index contributed by atoms with van der Waals surface area (Å²) in [5.74, 6) is 0. The summed E-state index contributed by atoms with van der Waals surface area (Å²) >= 11 is 1.88. The molecule has 4 nitrogen and oxygen atoms in total. The van der Waals surface area contributed by atoms with Gasteiger partial charge >= 0.3 is 0 Å². The fourth-order valence-corrected chi connectivity index (χ4v) is 1.93. The first-order valence-corrected chi connectivity index (χ1v) is 6.24. The van der Waals surface area contributed by atoms with Crippen LogP contribution in [0.1, 0.15) is 37.5 Å². The van der Waals surface area contributed by atoms with E-state index in [2.05, 4.69) is 24.4 Å². The first kappa shape index (κ1) is 17.8. The zero-order valence-corrected chi connectivity index (χ0v) is 10.8. The van der Waals surface area contributed by atoms with Gasteiger partial charge in [-0.15, -0.1) is 11.3 Å². The molecule has 0 aromatic carbocycles. The van der Waals surface area contributed by atoms with Gasteiger partial charge in [-0.05, 0) is 24.3 Å². The molecule has 0 aliphatic carbocycles. The third-order valence-corrected chi connectivity index (χ3v) is 2.79. The second kappa shape index (κ2) is 16.9. The Balaban J connectivity index is 0. The molecule has 17 heavy (non-hydrogen) atoms. The van der Waals surface area contributed by atoms with Crippen molar-refractivity contribution in [2.24, 2.45) is 0 Å². The topological polar surface area (TPSA) is 81.8 Å². The molecule has 94 valence electrons. The van der Waals surface area contributed by atoms with Crippen LogP contribution in [-0.4, -0.2) is 12.2 Å². The van der Waals surface area contributed by atoms with Crippen molar-refractivity contribution in [3.05, 3.63) is 22.4 Å². The smallest absolute Gasteiger partial charge is 0.222 e. The predicted octanol–water partition coefficient (Wildman–Crippen LogP) is 3.67. The zero-order valence-electron chi connectivity index (χ0n) is 9.99. The van der Waals surface area contributed by atoms with Gasteiger partial charge < -0.3 is 0 Å². The Morgan fingerprint density at radius 1 is 1.18 bits per heavy atom. The molecule has 0 unspecified atom stereocenters. The Bertz CT molecular complexity index is 299. The molecule has 0 atom stereocenters. The number of hydrogen-bond acceptors (Lipinski definition) is 5. The highest BCUT2D eigenvalue weighted by Gasteiger charge is 1.92. The van der Waals surface area contributed by atoms with E-state index >= 15 is 0 Å². The van der Waals surface area contributed by atoms with Gasteiger partial charge in [0.05, 0.1) is 0 Å². The van der Waals surface area contributed by atoms with Crippen LogP contribution >= 0.6 is 11.3 Å². The quantitative estimate of drug-likeness (QED) is 0.477. The lowest BCUT2D eigenvalue weighted by atomic mass is 10.1. The van der Waals surface area contributed by atoms with Crippen LogP contribution in [0.5, 0.6) is 0 Å². The van der Waals surface area contributed by atoms with E-state index in [4.69, 9.17) is 20.4 Å². The van der Waals surface area contributed by atoms with Gasteiger partial charge in [0.1, 0.15) is 0 Å². The standard InChI is InChI=1S/C10H16S.2CHNO/c1-2-3-4-5-7-10-8-6-9-11-10;2*2-1-3/h6,8-9H,2-5,7H2,1H3;2*2H. The number of hydrogen-bond donors (Lipinski definition) is 2. The van der Waals surface area contributed by atoms with Crippen LogP contribution in [0.3, 0.4) is 0 Å². The average Bonchev–Trinajstić information content (AvgIpc) is 2.80. The lowest BCUT2D eigenvalue weighted by Crippen LogP contribution is -1.80. The largest absolute Gasteiger partial charge is 0.231 e. The van der Waals surface area contributed by atoms with Crippen molar-refractivity contribution in [3.63, 3.8) is 0 Å². The van der Waals surface area contributed by atoms with Crippen LogP contribution in [0.4, 0.5) is 0 Å². The molecule has 0 saturated carbocycles. The zero-order chi connectivity index (χ0) is 13.4. The van der Waals surface area contributed by atoms with Crippen molar-refractivity contribution in [1.82, 2.24) is 0 Å². The van der Waals surface area contributed by atoms with Crippen LogP contribution in [0.2, 0.25) is 0 Å². The summed E-state index contributed by atoms with van der Waals surface area (Å²) in [5.41, 5.74) is 0. The molecule has 0 aliphatic rings. The molecule has 0 spiro atoms. The van der Waals surface area contributed by atoms with E-state index in [1.54, 1.807) is 4.88 Å². The van der Waals surface area contributed by atoms with Gasteiger partial charge in [-0.1, -0.05) is 32.3 Å². The van der Waals surface area contributed by atoms with E-state index in [1.165, 1.54) is 32.1 Å². The summed E-state index contributed by atoms with van der Waals surface area (Å²) in [6, 6.07) is 4.37. The molecule has 2 N–H and O–H groups in total. The van der Waals surface area contributed by atoms with Gasteiger partial charge in [0.15, 0.2) is 0 Å². The van der Waals surface area contributed by atoms with Crippen molar-refractivity contribution in [2.75, 3.05) is 0 Å². The van der Waals surface area contributed by atoms with Gasteiger partial charge in [-0.2, -0.15) is 0 Å². The van der Waals surface area contributed by atoms with Crippen LogP contribution in [0.25, 0.3) is 0 Å². The molecule has 5 heteroatoms. The molecule has 0 saturated heterocycles. The Morgan fingerprint density at radius 3 is 2.18 bits per heavy atom. The number of unbranched alkanes of at least 4 members (excludes halogenated alkanes) is 3. The molecule has 1 heterocycles. The Kier molecular flexibility index (Phi) is 17.7. The van der Waals surface area contributed by atoms with Gasteiger partial charge in [0.25, 0.3) is 0 Å². The molecule has 1 rings (SSSR count). The minimum Gasteiger partial charge on any atom is -0.222 e. The second-order valence-corrected chi connectivity index (χ2v) is 4.13. The van der Waals surface area contributed by atoms with E-state index < -0.39 is 0 Å². The Hall–Kier alpha value is -1.54. The fraction of sp³-hybridized carbons (Fsp3) is 0.500. The summed E-state index contributed by atoms with van der Waals surface area (Å²) < 4.78 is 0. The van der Waals surface area contributed by atoms with Crippen LogP contribution in [0, 0.1) is 10.8 Å². The van der Waals surface area contributed by atoms with Crippen molar-refractivity contribution in [2.45, 2.75) is 39.0 Å². The molecule has 1 aromatic rings. The molecular weight excluding hydrogens is 236 g/mol. The highest BCUT2D eigenvalue weighted by atomic mass is 32.1. The third kappa shape index (κ3) is 17.1. The summed E-state index contributed by atoms with van der Waals surface area (Å²) in [5, 5.41) is 13.0. The van der Waals surface area contributed by atoms with Gasteiger partial charge in [-0.3, -0.25) is 0 Å². The second-order valence-electron chi connectivity index (χ2n) is 3.09. The summed E-state index contributed by atoms with van der Waals surface area (Å²) in [4.78, 5) is 18.2. The first-order chi connectivity index (χ1) is 8.26. The Morgan fingerprint density at radius 2 is 1.76 bits per heavy atom. The molecule has 1 aromatic heterocycles. The predicted molar refractivity (Wildman–Crippen MR) is 69.0 cm³/mol. The van der Waals surface area contributed by atoms with Crippen LogP contribution < -0.4 is 0 Å². The minimum absolute atomic E-state index is 0.750. The van der Waals surface area contributed by atoms with E-state index in [-0.39, 0.29) is 0 Å². The van der Waals surface area contributed by atoms with E-state index in [9.17, 15) is 0 Å². The summed E-state index contributed by atoms with van der Waals surface area (Å²) in [7, 11) is 0. The molecule has 0 amide bonds. The molecule has 0 aliphatic heterocycles. The van der Waals surface area contributed by atoms with Gasteiger partial charge in [0, 0.05) is 4.88 Å². The number of rotatable bonds is 5. The molecule has 0 bridgehead atoms. The SMILES string of the molecule is CCCCCCc1cccs1.N=C=O.N=C=O. The number of thiophene rings is 1. The summed E-state index contributed by atoms with van der Waals surface area (Å²) in [6.45, 7) is 2.26. The maximum absolute atomic E-state index is 8.35. The fourth-order valence-electron chi connectivity index (χ4n) is 1.18. The number of isocyanates is 2. The average molecular weight is 254 g/mol. The number of nitrogens with one attached hydrogen (secondary N) is 2. The molecular formula is C12H18N2O2S. The molecule has 0 radical (unpaired) electrons. The molecule has 0 fully saturated rings. The lowest BCUT2D eigenvalue weighted by molar-refractivity contribution is 0.562. The van der Waals surface area contributed by atoms with E-state index in [1.807, 2.05) is 11.3 Å². The number of carbonyl (C=O) groups excluding carboxylic acids is 2. The lowest BCUT2D eigenvalue weighted by Gasteiger charge is -1.95. The minimum atomic E-state index is 0.750. The normalized spacial score (nSPS) is 7.59. The van der Waals surface area contributed by atoms with Crippen molar-refractivity contribution in [1.29, 1.82) is 10.8 Å². The maximum atomic E-state index is 8.35.